The van der Waals surface area contributed by atoms with E-state index in [1.807, 2.05) is 26.0 Å². The van der Waals surface area contributed by atoms with E-state index in [-0.39, 0.29) is 23.9 Å². The largest absolute Gasteiger partial charge is 0.493 e. The fraction of sp³-hybridized carbons (Fsp3) is 0.179. The summed E-state index contributed by atoms with van der Waals surface area (Å²) in [4.78, 5) is 39.2. The molecule has 0 atom stereocenters. The maximum atomic E-state index is 14.0. The van der Waals surface area contributed by atoms with Crippen molar-refractivity contribution < 1.29 is 28.2 Å². The highest BCUT2D eigenvalue weighted by atomic mass is 127. The first-order chi connectivity index (χ1) is 18.2. The molecule has 1 saturated heterocycles. The molecular weight excluding hydrogens is 622 g/mol. The zero-order chi connectivity index (χ0) is 27.4. The molecular formula is C28H24FIN2O5S. The predicted molar refractivity (Wildman–Crippen MR) is 154 cm³/mol. The van der Waals surface area contributed by atoms with Crippen molar-refractivity contribution in [2.45, 2.75) is 20.5 Å². The highest BCUT2D eigenvalue weighted by Gasteiger charge is 2.36. The average Bonchev–Trinajstić information content (AvgIpc) is 3.14. The smallest absolute Gasteiger partial charge is 0.294 e. The second-order valence-corrected chi connectivity index (χ2v) is 10.6. The Labute approximate surface area is 237 Å². The first kappa shape index (κ1) is 27.6. The fourth-order valence-electron chi connectivity index (χ4n) is 3.74. The number of halogens is 2. The molecule has 196 valence electrons. The summed E-state index contributed by atoms with van der Waals surface area (Å²) in [5.41, 5.74) is 3.58. The third-order valence-corrected chi connectivity index (χ3v) is 7.64. The number of thioether (sulfide) groups is 1. The van der Waals surface area contributed by atoms with E-state index in [1.54, 1.807) is 42.5 Å². The van der Waals surface area contributed by atoms with Crippen molar-refractivity contribution in [1.29, 1.82) is 0 Å². The van der Waals surface area contributed by atoms with Gasteiger partial charge in [-0.3, -0.25) is 19.3 Å². The summed E-state index contributed by atoms with van der Waals surface area (Å²) in [6.07, 6.45) is 1.57. The normalized spacial score (nSPS) is 14.2. The van der Waals surface area contributed by atoms with Crippen LogP contribution in [0.5, 0.6) is 11.5 Å². The van der Waals surface area contributed by atoms with Gasteiger partial charge in [-0.1, -0.05) is 30.3 Å². The van der Waals surface area contributed by atoms with E-state index in [0.717, 1.165) is 27.8 Å². The van der Waals surface area contributed by atoms with Crippen molar-refractivity contribution >= 4 is 63.2 Å². The summed E-state index contributed by atoms with van der Waals surface area (Å²) in [5, 5.41) is 2.25. The Kier molecular flexibility index (Phi) is 8.72. The minimum atomic E-state index is -0.551. The SMILES string of the molecule is COc1cc(/C=C2/SC(=O)N(CC(=O)Nc3cccc(C)c3C)C2=O)cc(I)c1OCc1ccccc1F. The van der Waals surface area contributed by atoms with Crippen molar-refractivity contribution in [1.82, 2.24) is 4.90 Å². The van der Waals surface area contributed by atoms with Gasteiger partial charge in [0.1, 0.15) is 19.0 Å². The number of benzene rings is 3. The monoisotopic (exact) mass is 646 g/mol. The number of nitrogens with zero attached hydrogens (tertiary/aromatic N) is 1. The van der Waals surface area contributed by atoms with E-state index in [0.29, 0.717) is 31.9 Å². The van der Waals surface area contributed by atoms with Crippen LogP contribution in [0.15, 0.2) is 59.5 Å². The summed E-state index contributed by atoms with van der Waals surface area (Å²) in [6.45, 7) is 3.45. The molecule has 3 aromatic rings. The molecule has 7 nitrogen and oxygen atoms in total. The Morgan fingerprint density at radius 1 is 1.13 bits per heavy atom. The number of hydrogen-bond acceptors (Lipinski definition) is 6. The highest BCUT2D eigenvalue weighted by Crippen LogP contribution is 2.37. The number of methoxy groups -OCH3 is 1. The number of anilines is 1. The van der Waals surface area contributed by atoms with Gasteiger partial charge in [0.15, 0.2) is 11.5 Å². The zero-order valence-corrected chi connectivity index (χ0v) is 23.8. The lowest BCUT2D eigenvalue weighted by molar-refractivity contribution is -0.127. The number of ether oxygens (including phenoxy) is 2. The van der Waals surface area contributed by atoms with E-state index < -0.39 is 17.1 Å². The number of nitrogens with one attached hydrogen (secondary N) is 1. The first-order valence-electron chi connectivity index (χ1n) is 11.5. The predicted octanol–water partition coefficient (Wildman–Crippen LogP) is 6.31. The van der Waals surface area contributed by atoms with E-state index in [4.69, 9.17) is 9.47 Å². The number of rotatable bonds is 8. The van der Waals surface area contributed by atoms with Gasteiger partial charge in [0.2, 0.25) is 5.91 Å². The Morgan fingerprint density at radius 2 is 1.89 bits per heavy atom. The standard InChI is InChI=1S/C28H24FIN2O5S/c1-16-7-6-10-22(17(16)2)31-25(33)14-32-27(34)24(38-28(32)35)13-18-11-21(30)26(23(12-18)36-3)37-15-19-8-4-5-9-20(19)29/h4-13H,14-15H2,1-3H3,(H,31,33)/b24-13+. The van der Waals surface area contributed by atoms with Gasteiger partial charge in [0, 0.05) is 11.3 Å². The summed E-state index contributed by atoms with van der Waals surface area (Å²) in [7, 11) is 1.48. The summed E-state index contributed by atoms with van der Waals surface area (Å²) >= 11 is 2.83. The third kappa shape index (κ3) is 6.18. The van der Waals surface area contributed by atoms with Gasteiger partial charge in [-0.15, -0.1) is 0 Å². The molecule has 1 N–H and O–H groups in total. The molecule has 0 spiro atoms. The molecule has 1 fully saturated rings. The van der Waals surface area contributed by atoms with Crippen LogP contribution < -0.4 is 14.8 Å². The summed E-state index contributed by atoms with van der Waals surface area (Å²) in [5.74, 6) is -0.548. The van der Waals surface area contributed by atoms with Gasteiger partial charge in [-0.2, -0.15) is 0 Å². The van der Waals surface area contributed by atoms with E-state index in [9.17, 15) is 18.8 Å². The Balaban J connectivity index is 1.48. The molecule has 0 aliphatic carbocycles. The number of carbonyl (C=O) groups excluding carboxylic acids is 3. The van der Waals surface area contributed by atoms with Gasteiger partial charge in [-0.25, -0.2) is 4.39 Å². The molecule has 38 heavy (non-hydrogen) atoms. The van der Waals surface area contributed by atoms with E-state index in [1.165, 1.54) is 13.2 Å². The molecule has 0 radical (unpaired) electrons. The highest BCUT2D eigenvalue weighted by molar-refractivity contribution is 14.1. The third-order valence-electron chi connectivity index (χ3n) is 5.93. The minimum absolute atomic E-state index is 0.0153. The lowest BCUT2D eigenvalue weighted by Crippen LogP contribution is -2.36. The summed E-state index contributed by atoms with van der Waals surface area (Å²) < 4.78 is 26.0. The zero-order valence-electron chi connectivity index (χ0n) is 20.8. The van der Waals surface area contributed by atoms with Gasteiger partial charge in [-0.05, 0) is 95.2 Å². The molecule has 4 rings (SSSR count). The minimum Gasteiger partial charge on any atom is -0.493 e. The van der Waals surface area contributed by atoms with Crippen LogP contribution in [-0.4, -0.2) is 35.6 Å². The van der Waals surface area contributed by atoms with Crippen LogP contribution in [-0.2, 0) is 16.2 Å². The number of hydrogen-bond donors (Lipinski definition) is 1. The molecule has 0 saturated carbocycles. The topological polar surface area (TPSA) is 84.9 Å². The molecule has 0 unspecified atom stereocenters. The van der Waals surface area contributed by atoms with Crippen LogP contribution in [0.25, 0.3) is 6.08 Å². The molecule has 1 aliphatic heterocycles. The van der Waals surface area contributed by atoms with Crippen molar-refractivity contribution in [2.24, 2.45) is 0 Å². The van der Waals surface area contributed by atoms with Crippen molar-refractivity contribution in [3.8, 4) is 11.5 Å². The number of amides is 3. The number of imide groups is 1. The molecule has 1 heterocycles. The first-order valence-corrected chi connectivity index (χ1v) is 13.4. The summed E-state index contributed by atoms with van der Waals surface area (Å²) in [6, 6.07) is 15.3. The second-order valence-electron chi connectivity index (χ2n) is 8.48. The number of carbonyl (C=O) groups is 3. The van der Waals surface area contributed by atoms with Crippen molar-refractivity contribution in [3.63, 3.8) is 0 Å². The maximum absolute atomic E-state index is 14.0. The molecule has 0 bridgehead atoms. The van der Waals surface area contributed by atoms with Crippen LogP contribution in [0.3, 0.4) is 0 Å². The van der Waals surface area contributed by atoms with Crippen molar-refractivity contribution in [2.75, 3.05) is 19.0 Å². The quantitative estimate of drug-likeness (QED) is 0.228. The van der Waals surface area contributed by atoms with Gasteiger partial charge in [0.05, 0.1) is 15.6 Å². The Bertz CT molecular complexity index is 1460. The van der Waals surface area contributed by atoms with Gasteiger partial charge in [0.25, 0.3) is 11.1 Å². The van der Waals surface area contributed by atoms with Crippen LogP contribution in [0, 0.1) is 23.2 Å². The maximum Gasteiger partial charge on any atom is 0.294 e. The van der Waals surface area contributed by atoms with Crippen LogP contribution >= 0.6 is 34.4 Å². The lowest BCUT2D eigenvalue weighted by atomic mass is 10.1. The molecule has 3 amide bonds. The molecule has 10 heteroatoms. The Hall–Kier alpha value is -3.38. The van der Waals surface area contributed by atoms with Gasteiger partial charge >= 0.3 is 0 Å². The van der Waals surface area contributed by atoms with Crippen molar-refractivity contribution in [3.05, 3.63) is 91.1 Å². The second kappa shape index (κ2) is 12.0. The van der Waals surface area contributed by atoms with Crippen LogP contribution in [0.4, 0.5) is 14.9 Å². The van der Waals surface area contributed by atoms with E-state index in [2.05, 4.69) is 27.9 Å². The molecule has 1 aliphatic rings. The number of aryl methyl sites for hydroxylation is 1. The van der Waals surface area contributed by atoms with Crippen LogP contribution in [0.2, 0.25) is 0 Å². The van der Waals surface area contributed by atoms with Gasteiger partial charge < -0.3 is 14.8 Å². The van der Waals surface area contributed by atoms with E-state index >= 15 is 0 Å². The average molecular weight is 646 g/mol. The Morgan fingerprint density at radius 3 is 2.63 bits per heavy atom. The lowest BCUT2D eigenvalue weighted by Gasteiger charge is -2.15. The fourth-order valence-corrected chi connectivity index (χ4v) is 5.36. The molecule has 0 aromatic heterocycles. The van der Waals surface area contributed by atoms with Crippen LogP contribution in [0.1, 0.15) is 22.3 Å². The molecule has 3 aromatic carbocycles.